The van der Waals surface area contributed by atoms with Crippen molar-refractivity contribution in [3.63, 3.8) is 0 Å². The third-order valence-corrected chi connectivity index (χ3v) is 5.13. The van der Waals surface area contributed by atoms with Gasteiger partial charge >= 0.3 is 0 Å². The number of hydrogen-bond acceptors (Lipinski definition) is 5. The Morgan fingerprint density at radius 2 is 1.72 bits per heavy atom. The summed E-state index contributed by atoms with van der Waals surface area (Å²) in [5.41, 5.74) is 3.15. The molecule has 0 radical (unpaired) electrons. The fourth-order valence-electron chi connectivity index (χ4n) is 2.22. The van der Waals surface area contributed by atoms with E-state index in [1.165, 1.54) is 16.2 Å². The van der Waals surface area contributed by atoms with Gasteiger partial charge in [0, 0.05) is 21.4 Å². The topological polar surface area (TPSA) is 59.1 Å². The van der Waals surface area contributed by atoms with Crippen molar-refractivity contribution in [2.24, 2.45) is 0 Å². The Hall–Kier alpha value is -2.44. The molecule has 1 aromatic heterocycles. The number of rotatable bonds is 5. The quantitative estimate of drug-likeness (QED) is 0.404. The first-order valence-corrected chi connectivity index (χ1v) is 9.69. The summed E-state index contributed by atoms with van der Waals surface area (Å²) in [6.07, 6.45) is 2.02. The molecule has 126 valence electrons. The van der Waals surface area contributed by atoms with E-state index in [2.05, 4.69) is 10.3 Å². The molecule has 0 atom stereocenters. The van der Waals surface area contributed by atoms with Crippen molar-refractivity contribution in [1.82, 2.24) is 4.98 Å². The second-order valence-corrected chi connectivity index (χ2v) is 7.15. The predicted octanol–water partition coefficient (Wildman–Crippen LogP) is 4.66. The summed E-state index contributed by atoms with van der Waals surface area (Å²) in [6, 6.07) is 14.9. The van der Waals surface area contributed by atoms with Crippen LogP contribution in [0.1, 0.15) is 15.9 Å². The molecule has 4 nitrogen and oxygen atoms in total. The second-order valence-electron chi connectivity index (χ2n) is 5.42. The van der Waals surface area contributed by atoms with E-state index in [1.807, 2.05) is 42.8 Å². The standard InChI is InChI=1S/C19H16N2O2S2/c1-12-3-5-14(6-4-12)17(22)18(23)21-19-20-16(11-25-19)13-7-9-15(24-2)10-8-13/h3-11H,1-2H3,(H,20,21,23). The molecule has 0 aliphatic rings. The van der Waals surface area contributed by atoms with E-state index >= 15 is 0 Å². The van der Waals surface area contributed by atoms with Crippen LogP contribution in [0.4, 0.5) is 5.13 Å². The highest BCUT2D eigenvalue weighted by Crippen LogP contribution is 2.26. The van der Waals surface area contributed by atoms with Gasteiger partial charge in [-0.05, 0) is 25.3 Å². The normalized spacial score (nSPS) is 10.5. The molecular formula is C19H16N2O2S2. The third kappa shape index (κ3) is 4.15. The number of carbonyl (C=O) groups is 2. The minimum Gasteiger partial charge on any atom is -0.295 e. The number of hydrogen-bond donors (Lipinski definition) is 1. The molecule has 0 spiro atoms. The molecule has 0 fully saturated rings. The molecule has 1 heterocycles. The first-order chi connectivity index (χ1) is 12.1. The Kier molecular flexibility index (Phi) is 5.31. The fraction of sp³-hybridized carbons (Fsp3) is 0.105. The highest BCUT2D eigenvalue weighted by Gasteiger charge is 2.17. The maximum Gasteiger partial charge on any atom is 0.298 e. The summed E-state index contributed by atoms with van der Waals surface area (Å²) >= 11 is 2.97. The number of thioether (sulfide) groups is 1. The lowest BCUT2D eigenvalue weighted by Crippen LogP contribution is -2.22. The number of ketones is 1. The monoisotopic (exact) mass is 368 g/mol. The number of benzene rings is 2. The Morgan fingerprint density at radius 1 is 1.04 bits per heavy atom. The highest BCUT2D eigenvalue weighted by molar-refractivity contribution is 7.98. The minimum atomic E-state index is -0.678. The average molecular weight is 368 g/mol. The zero-order valence-electron chi connectivity index (χ0n) is 13.8. The number of aryl methyl sites for hydroxylation is 1. The highest BCUT2D eigenvalue weighted by atomic mass is 32.2. The zero-order valence-corrected chi connectivity index (χ0v) is 15.4. The summed E-state index contributed by atoms with van der Waals surface area (Å²) < 4.78 is 0. The lowest BCUT2D eigenvalue weighted by Gasteiger charge is -2.02. The van der Waals surface area contributed by atoms with Gasteiger partial charge in [0.05, 0.1) is 5.69 Å². The minimum absolute atomic E-state index is 0.368. The molecular weight excluding hydrogens is 352 g/mol. The van der Waals surface area contributed by atoms with Crippen LogP contribution in [0.25, 0.3) is 11.3 Å². The molecule has 6 heteroatoms. The van der Waals surface area contributed by atoms with Crippen molar-refractivity contribution in [3.05, 3.63) is 65.0 Å². The molecule has 1 N–H and O–H groups in total. The second kappa shape index (κ2) is 7.63. The van der Waals surface area contributed by atoms with E-state index in [0.717, 1.165) is 16.8 Å². The summed E-state index contributed by atoms with van der Waals surface area (Å²) in [7, 11) is 0. The summed E-state index contributed by atoms with van der Waals surface area (Å²) in [5.74, 6) is -1.25. The number of thiazole rings is 1. The molecule has 0 saturated carbocycles. The van der Waals surface area contributed by atoms with Crippen LogP contribution in [-0.4, -0.2) is 22.9 Å². The van der Waals surface area contributed by atoms with Crippen molar-refractivity contribution in [3.8, 4) is 11.3 Å². The third-order valence-electron chi connectivity index (χ3n) is 3.63. The van der Waals surface area contributed by atoms with Crippen LogP contribution in [0.2, 0.25) is 0 Å². The number of nitrogens with one attached hydrogen (secondary N) is 1. The van der Waals surface area contributed by atoms with Crippen molar-refractivity contribution < 1.29 is 9.59 Å². The molecule has 2 aromatic carbocycles. The van der Waals surface area contributed by atoms with E-state index in [0.29, 0.717) is 10.7 Å². The largest absolute Gasteiger partial charge is 0.298 e. The summed E-state index contributed by atoms with van der Waals surface area (Å²) in [5, 5.41) is 4.85. The molecule has 0 aliphatic heterocycles. The van der Waals surface area contributed by atoms with Gasteiger partial charge in [0.2, 0.25) is 0 Å². The lowest BCUT2D eigenvalue weighted by atomic mass is 10.1. The van der Waals surface area contributed by atoms with Crippen molar-refractivity contribution >= 4 is 39.9 Å². The molecule has 0 saturated heterocycles. The summed E-state index contributed by atoms with van der Waals surface area (Å²) in [6.45, 7) is 1.93. The number of anilines is 1. The maximum atomic E-state index is 12.2. The zero-order chi connectivity index (χ0) is 17.8. The van der Waals surface area contributed by atoms with Gasteiger partial charge in [-0.25, -0.2) is 4.98 Å². The number of amides is 1. The Bertz CT molecular complexity index is 900. The van der Waals surface area contributed by atoms with Crippen LogP contribution in [0.5, 0.6) is 0 Å². The van der Waals surface area contributed by atoms with Crippen molar-refractivity contribution in [2.75, 3.05) is 11.6 Å². The van der Waals surface area contributed by atoms with Gasteiger partial charge in [0.25, 0.3) is 11.7 Å². The molecule has 25 heavy (non-hydrogen) atoms. The smallest absolute Gasteiger partial charge is 0.295 e. The fourth-order valence-corrected chi connectivity index (χ4v) is 3.34. The summed E-state index contributed by atoms with van der Waals surface area (Å²) in [4.78, 5) is 29.9. The number of Topliss-reactive ketones (excluding diaryl/α,β-unsaturated/α-hetero) is 1. The van der Waals surface area contributed by atoms with Crippen molar-refractivity contribution in [1.29, 1.82) is 0 Å². The van der Waals surface area contributed by atoms with Gasteiger partial charge in [-0.2, -0.15) is 0 Å². The molecule has 0 bridgehead atoms. The van der Waals surface area contributed by atoms with Gasteiger partial charge in [-0.3, -0.25) is 14.9 Å². The van der Waals surface area contributed by atoms with E-state index in [4.69, 9.17) is 0 Å². The van der Waals surface area contributed by atoms with Crippen molar-refractivity contribution in [2.45, 2.75) is 11.8 Å². The average Bonchev–Trinajstić information content (AvgIpc) is 3.10. The number of nitrogens with zero attached hydrogens (tertiary/aromatic N) is 1. The lowest BCUT2D eigenvalue weighted by molar-refractivity contribution is -0.112. The first kappa shape index (κ1) is 17.4. The molecule has 1 amide bonds. The number of aromatic nitrogens is 1. The molecule has 3 rings (SSSR count). The van der Waals surface area contributed by atoms with E-state index in [1.54, 1.807) is 36.0 Å². The Balaban J connectivity index is 1.70. The molecule has 0 unspecified atom stereocenters. The van der Waals surface area contributed by atoms with Crippen LogP contribution in [0.15, 0.2) is 58.8 Å². The maximum absolute atomic E-state index is 12.2. The predicted molar refractivity (Wildman–Crippen MR) is 103 cm³/mol. The van der Waals surface area contributed by atoms with E-state index in [9.17, 15) is 9.59 Å². The molecule has 3 aromatic rings. The van der Waals surface area contributed by atoms with Gasteiger partial charge < -0.3 is 0 Å². The molecule has 0 aliphatic carbocycles. The van der Waals surface area contributed by atoms with Gasteiger partial charge in [-0.15, -0.1) is 23.1 Å². The van der Waals surface area contributed by atoms with Crippen LogP contribution < -0.4 is 5.32 Å². The van der Waals surface area contributed by atoms with E-state index in [-0.39, 0.29) is 0 Å². The van der Waals surface area contributed by atoms with E-state index < -0.39 is 11.7 Å². The van der Waals surface area contributed by atoms with Gasteiger partial charge in [0.15, 0.2) is 5.13 Å². The van der Waals surface area contributed by atoms with Crippen LogP contribution in [0, 0.1) is 6.92 Å². The number of carbonyl (C=O) groups excluding carboxylic acids is 2. The van der Waals surface area contributed by atoms with Crippen LogP contribution in [-0.2, 0) is 4.79 Å². The van der Waals surface area contributed by atoms with Gasteiger partial charge in [-0.1, -0.05) is 42.0 Å². The SMILES string of the molecule is CSc1ccc(-c2csc(NC(=O)C(=O)c3ccc(C)cc3)n2)cc1. The Morgan fingerprint density at radius 3 is 2.36 bits per heavy atom. The van der Waals surface area contributed by atoms with Gasteiger partial charge in [0.1, 0.15) is 0 Å². The van der Waals surface area contributed by atoms with Crippen LogP contribution in [0.3, 0.4) is 0 Å². The Labute approximate surface area is 154 Å². The van der Waals surface area contributed by atoms with Crippen LogP contribution >= 0.6 is 23.1 Å². The first-order valence-electron chi connectivity index (χ1n) is 7.59.